The molecule has 0 bridgehead atoms. The normalized spacial score (nSPS) is 9.83. The lowest BCUT2D eigenvalue weighted by Crippen LogP contribution is -2.12. The summed E-state index contributed by atoms with van der Waals surface area (Å²) in [5.74, 6) is -0.397. The number of nitrogens with one attached hydrogen (secondary N) is 1. The number of amides is 1. The maximum atomic E-state index is 11.8. The Kier molecular flexibility index (Phi) is 3.31. The van der Waals surface area contributed by atoms with Crippen LogP contribution in [-0.2, 0) is 0 Å². The molecule has 0 aliphatic heterocycles. The molecule has 0 aliphatic carbocycles. The van der Waals surface area contributed by atoms with Crippen molar-refractivity contribution < 1.29 is 9.32 Å². The molecule has 90 valence electrons. The van der Waals surface area contributed by atoms with Gasteiger partial charge in [0.15, 0.2) is 0 Å². The number of carbonyl (C=O) groups is 1. The van der Waals surface area contributed by atoms with Gasteiger partial charge in [-0.3, -0.25) is 4.79 Å². The van der Waals surface area contributed by atoms with E-state index in [1.54, 1.807) is 13.0 Å². The Hall–Kier alpha value is -2.32. The first kappa shape index (κ1) is 12.1. The highest BCUT2D eigenvalue weighted by Gasteiger charge is 2.13. The van der Waals surface area contributed by atoms with E-state index in [1.165, 1.54) is 18.2 Å². The van der Waals surface area contributed by atoms with Gasteiger partial charge in [0, 0.05) is 11.1 Å². The number of nitriles is 1. The largest absolute Gasteiger partial charge is 0.351 e. The molecule has 1 aromatic heterocycles. The van der Waals surface area contributed by atoms with Crippen LogP contribution in [0.3, 0.4) is 0 Å². The van der Waals surface area contributed by atoms with Crippen molar-refractivity contribution in [2.24, 2.45) is 0 Å². The van der Waals surface area contributed by atoms with E-state index in [-0.39, 0.29) is 5.76 Å². The molecule has 0 unspecified atom stereocenters. The number of halogens is 1. The lowest BCUT2D eigenvalue weighted by atomic mass is 10.2. The zero-order valence-electron chi connectivity index (χ0n) is 9.40. The Labute approximate surface area is 108 Å². The molecule has 0 fully saturated rings. The minimum Gasteiger partial charge on any atom is -0.351 e. The fourth-order valence-corrected chi connectivity index (χ4v) is 1.54. The van der Waals surface area contributed by atoms with Crippen molar-refractivity contribution in [2.75, 3.05) is 5.32 Å². The van der Waals surface area contributed by atoms with E-state index in [1.807, 2.05) is 6.07 Å². The fraction of sp³-hybridized carbons (Fsp3) is 0.0833. The minimum absolute atomic E-state index is 0.0800. The Morgan fingerprint density at radius 2 is 2.28 bits per heavy atom. The molecular formula is C12H8ClN3O2. The minimum atomic E-state index is -0.477. The van der Waals surface area contributed by atoms with E-state index in [0.717, 1.165) is 0 Å². The summed E-state index contributed by atoms with van der Waals surface area (Å²) >= 11 is 5.81. The molecule has 0 atom stereocenters. The maximum absolute atomic E-state index is 11.8. The molecule has 2 rings (SSSR count). The Balaban J connectivity index is 2.27. The molecule has 18 heavy (non-hydrogen) atoms. The lowest BCUT2D eigenvalue weighted by Gasteiger charge is -2.05. The number of carbonyl (C=O) groups excluding carboxylic acids is 1. The third-order valence-corrected chi connectivity index (χ3v) is 2.44. The summed E-state index contributed by atoms with van der Waals surface area (Å²) in [5, 5.41) is 15.5. The van der Waals surface area contributed by atoms with Crippen LogP contribution in [0.25, 0.3) is 0 Å². The van der Waals surface area contributed by atoms with Crippen molar-refractivity contribution in [3.05, 3.63) is 46.3 Å². The van der Waals surface area contributed by atoms with Gasteiger partial charge in [-0.1, -0.05) is 16.8 Å². The second-order valence-corrected chi connectivity index (χ2v) is 4.02. The van der Waals surface area contributed by atoms with Crippen molar-refractivity contribution in [1.29, 1.82) is 5.26 Å². The SMILES string of the molecule is Cc1cc(C(=O)Nc2cc(Cl)ccc2C#N)on1. The van der Waals surface area contributed by atoms with Gasteiger partial charge in [0.25, 0.3) is 5.91 Å². The zero-order chi connectivity index (χ0) is 13.1. The summed E-state index contributed by atoms with van der Waals surface area (Å²) in [7, 11) is 0. The second-order valence-electron chi connectivity index (χ2n) is 3.59. The summed E-state index contributed by atoms with van der Waals surface area (Å²) in [6, 6.07) is 8.08. The van der Waals surface area contributed by atoms with Gasteiger partial charge in [-0.15, -0.1) is 0 Å². The highest BCUT2D eigenvalue weighted by molar-refractivity contribution is 6.31. The van der Waals surface area contributed by atoms with Crippen LogP contribution in [0.5, 0.6) is 0 Å². The number of anilines is 1. The van der Waals surface area contributed by atoms with Gasteiger partial charge in [0.2, 0.25) is 5.76 Å². The number of rotatable bonds is 2. The van der Waals surface area contributed by atoms with Crippen LogP contribution in [0.1, 0.15) is 21.8 Å². The van der Waals surface area contributed by atoms with E-state index >= 15 is 0 Å². The van der Waals surface area contributed by atoms with Crippen LogP contribution in [0.2, 0.25) is 5.02 Å². The highest BCUT2D eigenvalue weighted by Crippen LogP contribution is 2.21. The topological polar surface area (TPSA) is 78.9 Å². The molecule has 0 aliphatic rings. The Morgan fingerprint density at radius 1 is 1.50 bits per heavy atom. The molecule has 0 radical (unpaired) electrons. The quantitative estimate of drug-likeness (QED) is 0.901. The predicted molar refractivity (Wildman–Crippen MR) is 65.4 cm³/mol. The third kappa shape index (κ3) is 2.50. The fourth-order valence-electron chi connectivity index (χ4n) is 1.37. The summed E-state index contributed by atoms with van der Waals surface area (Å²) < 4.78 is 4.82. The van der Waals surface area contributed by atoms with Crippen molar-refractivity contribution in [3.8, 4) is 6.07 Å². The van der Waals surface area contributed by atoms with Gasteiger partial charge in [-0.2, -0.15) is 5.26 Å². The Morgan fingerprint density at radius 3 is 2.89 bits per heavy atom. The van der Waals surface area contributed by atoms with Crippen LogP contribution < -0.4 is 5.32 Å². The highest BCUT2D eigenvalue weighted by atomic mass is 35.5. The summed E-state index contributed by atoms with van der Waals surface area (Å²) in [6.45, 7) is 1.71. The third-order valence-electron chi connectivity index (χ3n) is 2.20. The number of benzene rings is 1. The van der Waals surface area contributed by atoms with Crippen molar-refractivity contribution in [2.45, 2.75) is 6.92 Å². The second kappa shape index (κ2) is 4.90. The number of aryl methyl sites for hydroxylation is 1. The summed E-state index contributed by atoms with van der Waals surface area (Å²) in [5.41, 5.74) is 1.26. The van der Waals surface area contributed by atoms with E-state index in [2.05, 4.69) is 10.5 Å². The van der Waals surface area contributed by atoms with Crippen LogP contribution in [0.4, 0.5) is 5.69 Å². The summed E-state index contributed by atoms with van der Waals surface area (Å²) in [4.78, 5) is 11.8. The van der Waals surface area contributed by atoms with Gasteiger partial charge < -0.3 is 9.84 Å². The van der Waals surface area contributed by atoms with Gasteiger partial charge in [-0.05, 0) is 25.1 Å². The van der Waals surface area contributed by atoms with E-state index < -0.39 is 5.91 Å². The van der Waals surface area contributed by atoms with E-state index in [9.17, 15) is 4.79 Å². The van der Waals surface area contributed by atoms with Gasteiger partial charge >= 0.3 is 0 Å². The first-order valence-electron chi connectivity index (χ1n) is 5.04. The maximum Gasteiger partial charge on any atom is 0.294 e. The Bertz CT molecular complexity index is 643. The van der Waals surface area contributed by atoms with Crippen LogP contribution in [0, 0.1) is 18.3 Å². The smallest absolute Gasteiger partial charge is 0.294 e. The molecule has 5 nitrogen and oxygen atoms in total. The van der Waals surface area contributed by atoms with Crippen LogP contribution in [0.15, 0.2) is 28.8 Å². The first-order valence-corrected chi connectivity index (χ1v) is 5.42. The molecule has 1 heterocycles. The van der Waals surface area contributed by atoms with Crippen molar-refractivity contribution in [3.63, 3.8) is 0 Å². The van der Waals surface area contributed by atoms with Crippen LogP contribution in [-0.4, -0.2) is 11.1 Å². The molecular weight excluding hydrogens is 254 g/mol. The van der Waals surface area contributed by atoms with E-state index in [0.29, 0.717) is 22.0 Å². The van der Waals surface area contributed by atoms with Gasteiger partial charge in [0.1, 0.15) is 6.07 Å². The lowest BCUT2D eigenvalue weighted by molar-refractivity contribution is 0.0988. The standard InChI is InChI=1S/C12H8ClN3O2/c1-7-4-11(18-16-7)12(17)15-10-5-9(13)3-2-8(10)6-14/h2-5H,1H3,(H,15,17). The van der Waals surface area contributed by atoms with E-state index in [4.69, 9.17) is 21.4 Å². The monoisotopic (exact) mass is 261 g/mol. The number of hydrogen-bond donors (Lipinski definition) is 1. The molecule has 6 heteroatoms. The van der Waals surface area contributed by atoms with Crippen molar-refractivity contribution in [1.82, 2.24) is 5.16 Å². The molecule has 0 saturated carbocycles. The van der Waals surface area contributed by atoms with Gasteiger partial charge in [-0.25, -0.2) is 0 Å². The zero-order valence-corrected chi connectivity index (χ0v) is 10.2. The van der Waals surface area contributed by atoms with Crippen LogP contribution >= 0.6 is 11.6 Å². The molecule has 0 saturated heterocycles. The number of hydrogen-bond acceptors (Lipinski definition) is 4. The number of nitrogens with zero attached hydrogens (tertiary/aromatic N) is 2. The van der Waals surface area contributed by atoms with Gasteiger partial charge in [0.05, 0.1) is 16.9 Å². The predicted octanol–water partition coefficient (Wildman–Crippen LogP) is 2.76. The average Bonchev–Trinajstić information content (AvgIpc) is 2.76. The molecule has 1 aromatic carbocycles. The molecule has 1 N–H and O–H groups in total. The first-order chi connectivity index (χ1) is 8.60. The summed E-state index contributed by atoms with van der Waals surface area (Å²) in [6.07, 6.45) is 0. The molecule has 2 aromatic rings. The molecule has 1 amide bonds. The van der Waals surface area contributed by atoms with Crippen molar-refractivity contribution >= 4 is 23.2 Å². The number of aromatic nitrogens is 1. The molecule has 0 spiro atoms. The average molecular weight is 262 g/mol.